The lowest BCUT2D eigenvalue weighted by molar-refractivity contribution is -0.266. The van der Waals surface area contributed by atoms with Crippen LogP contribution in [0.4, 0.5) is 0 Å². The van der Waals surface area contributed by atoms with Crippen LogP contribution in [-0.2, 0) is 9.53 Å². The summed E-state index contributed by atoms with van der Waals surface area (Å²) in [5.41, 5.74) is 4.64. The van der Waals surface area contributed by atoms with Gasteiger partial charge in [-0.1, -0.05) is 0 Å². The number of carbonyl (C=O) groups excluding carboxylic acids is 1. The van der Waals surface area contributed by atoms with E-state index in [-0.39, 0.29) is 22.5 Å². The minimum Gasteiger partial charge on any atom is -0.508 e. The average Bonchev–Trinajstić information content (AvgIpc) is 2.77. The van der Waals surface area contributed by atoms with Gasteiger partial charge in [0.05, 0.1) is 0 Å². The molecule has 5 atom stereocenters. The van der Waals surface area contributed by atoms with Crippen LogP contribution in [0, 0.1) is 0 Å². The average molecular weight is 461 g/mol. The fraction of sp³-hybridized carbons (Fsp3) is 0.238. The third-order valence-corrected chi connectivity index (χ3v) is 5.18. The van der Waals surface area contributed by atoms with Crippen molar-refractivity contribution < 1.29 is 49.3 Å². The van der Waals surface area contributed by atoms with Crippen LogP contribution in [0.25, 0.3) is 22.3 Å². The molecule has 174 valence electrons. The Balaban J connectivity index is 1.76. The minimum absolute atomic E-state index is 0.00671. The number of primary amides is 1. The van der Waals surface area contributed by atoms with Crippen molar-refractivity contribution in [3.63, 3.8) is 0 Å². The number of benzene rings is 2. The summed E-state index contributed by atoms with van der Waals surface area (Å²) in [6.07, 6.45) is -9.11. The maximum atomic E-state index is 12.6. The second kappa shape index (κ2) is 8.26. The molecule has 1 saturated heterocycles. The summed E-state index contributed by atoms with van der Waals surface area (Å²) in [5.74, 6) is -3.39. The minimum atomic E-state index is -1.88. The number of amides is 1. The zero-order chi connectivity index (χ0) is 24.0. The summed E-state index contributed by atoms with van der Waals surface area (Å²) in [6, 6.07) is 7.83. The molecule has 8 N–H and O–H groups in total. The number of carbonyl (C=O) groups is 1. The lowest BCUT2D eigenvalue weighted by Gasteiger charge is -2.38. The number of nitrogens with two attached hydrogens (primary N) is 1. The first-order chi connectivity index (χ1) is 15.6. The molecule has 0 bridgehead atoms. The van der Waals surface area contributed by atoms with E-state index in [1.807, 2.05) is 0 Å². The van der Waals surface area contributed by atoms with Gasteiger partial charge in [-0.15, -0.1) is 0 Å². The molecular weight excluding hydrogens is 442 g/mol. The highest BCUT2D eigenvalue weighted by Crippen LogP contribution is 2.42. The van der Waals surface area contributed by atoms with Crippen molar-refractivity contribution in [1.29, 1.82) is 0 Å². The molecule has 1 aliphatic heterocycles. The van der Waals surface area contributed by atoms with Crippen LogP contribution < -0.4 is 15.9 Å². The van der Waals surface area contributed by atoms with Crippen molar-refractivity contribution in [2.45, 2.75) is 30.7 Å². The molecule has 0 spiro atoms. The Hall–Kier alpha value is -3.84. The van der Waals surface area contributed by atoms with Crippen molar-refractivity contribution >= 4 is 16.9 Å². The Morgan fingerprint density at radius 1 is 0.939 bits per heavy atom. The Morgan fingerprint density at radius 2 is 1.61 bits per heavy atom. The van der Waals surface area contributed by atoms with Gasteiger partial charge in [0, 0.05) is 17.7 Å². The molecule has 1 aromatic heterocycles. The number of fused-ring (bicyclic) bond motifs is 1. The first-order valence-electron chi connectivity index (χ1n) is 9.56. The van der Waals surface area contributed by atoms with E-state index in [9.17, 15) is 40.2 Å². The number of aliphatic hydroxyl groups excluding tert-OH is 3. The second-order valence-electron chi connectivity index (χ2n) is 7.38. The largest absolute Gasteiger partial charge is 0.508 e. The number of rotatable bonds is 4. The molecule has 3 aromatic rings. The van der Waals surface area contributed by atoms with Gasteiger partial charge in [0.2, 0.25) is 17.9 Å². The fourth-order valence-electron chi connectivity index (χ4n) is 3.43. The van der Waals surface area contributed by atoms with E-state index in [2.05, 4.69) is 0 Å². The van der Waals surface area contributed by atoms with Crippen molar-refractivity contribution in [2.75, 3.05) is 0 Å². The van der Waals surface area contributed by atoms with Gasteiger partial charge in [-0.25, -0.2) is 0 Å². The Kier molecular flexibility index (Phi) is 5.59. The molecule has 12 nitrogen and oxygen atoms in total. The number of aromatic hydroxyl groups is 3. The van der Waals surface area contributed by atoms with Gasteiger partial charge in [-0.2, -0.15) is 0 Å². The van der Waals surface area contributed by atoms with Gasteiger partial charge in [-0.05, 0) is 24.3 Å². The Labute approximate surface area is 184 Å². The standard InChI is InChI=1S/C21H19NO11/c22-20(30)19-17(28)16(27)18(29)21(33-19)32-12-6-11-13(15(26)14(12)25)9(24)5-10(31-11)7-1-3-8(23)4-2-7/h1-6,16-19,21,23,25-29H,(H2,22,30)/t16-,17-,18+,19-,21+/m0/s1. The Bertz CT molecular complexity index is 1270. The number of phenolic OH excluding ortho intramolecular Hbond substituents is 3. The molecule has 0 aliphatic carbocycles. The van der Waals surface area contributed by atoms with Gasteiger partial charge < -0.3 is 50.3 Å². The SMILES string of the molecule is NC(=O)[C@H]1O[C@@H](Oc2cc3oc(-c4ccc(O)cc4)cc(=O)c3c(O)c2O)[C@H](O)[C@@H](O)[C@@H]1O. The van der Waals surface area contributed by atoms with Gasteiger partial charge in [0.25, 0.3) is 0 Å². The molecule has 0 saturated carbocycles. The van der Waals surface area contributed by atoms with E-state index in [1.165, 1.54) is 24.3 Å². The third kappa shape index (κ3) is 3.91. The molecule has 4 rings (SSSR count). The first-order valence-corrected chi connectivity index (χ1v) is 9.56. The lowest BCUT2D eigenvalue weighted by Crippen LogP contribution is -2.62. The molecule has 1 amide bonds. The van der Waals surface area contributed by atoms with Crippen LogP contribution in [0.1, 0.15) is 0 Å². The van der Waals surface area contributed by atoms with Crippen LogP contribution in [0.5, 0.6) is 23.0 Å². The van der Waals surface area contributed by atoms with Crippen LogP contribution in [0.15, 0.2) is 45.6 Å². The summed E-state index contributed by atoms with van der Waals surface area (Å²) in [7, 11) is 0. The highest BCUT2D eigenvalue weighted by molar-refractivity contribution is 5.89. The van der Waals surface area contributed by atoms with Crippen molar-refractivity contribution in [2.24, 2.45) is 5.73 Å². The normalized spacial score (nSPS) is 25.1. The number of hydrogen-bond donors (Lipinski definition) is 7. The van der Waals surface area contributed by atoms with E-state index in [0.29, 0.717) is 5.56 Å². The highest BCUT2D eigenvalue weighted by Gasteiger charge is 2.47. The van der Waals surface area contributed by atoms with Crippen molar-refractivity contribution in [3.8, 4) is 34.3 Å². The Morgan fingerprint density at radius 3 is 2.24 bits per heavy atom. The number of hydrogen-bond acceptors (Lipinski definition) is 11. The summed E-state index contributed by atoms with van der Waals surface area (Å²) in [6.45, 7) is 0. The van der Waals surface area contributed by atoms with E-state index < -0.39 is 59.3 Å². The maximum Gasteiger partial charge on any atom is 0.249 e. The fourth-order valence-corrected chi connectivity index (χ4v) is 3.43. The lowest BCUT2D eigenvalue weighted by atomic mass is 9.98. The molecule has 1 aliphatic rings. The quantitative estimate of drug-likeness (QED) is 0.240. The van der Waals surface area contributed by atoms with E-state index >= 15 is 0 Å². The molecule has 1 fully saturated rings. The molecule has 2 aromatic carbocycles. The molecule has 33 heavy (non-hydrogen) atoms. The predicted molar refractivity (Wildman–Crippen MR) is 109 cm³/mol. The van der Waals surface area contributed by atoms with E-state index in [1.54, 1.807) is 0 Å². The van der Waals surface area contributed by atoms with E-state index in [4.69, 9.17) is 19.6 Å². The van der Waals surface area contributed by atoms with Gasteiger partial charge >= 0.3 is 0 Å². The summed E-state index contributed by atoms with van der Waals surface area (Å²) in [5, 5.41) is 59.7. The zero-order valence-corrected chi connectivity index (χ0v) is 16.7. The van der Waals surface area contributed by atoms with Crippen LogP contribution >= 0.6 is 0 Å². The molecule has 12 heteroatoms. The van der Waals surface area contributed by atoms with Crippen molar-refractivity contribution in [3.05, 3.63) is 46.6 Å². The number of ether oxygens (including phenoxy) is 2. The van der Waals surface area contributed by atoms with E-state index in [0.717, 1.165) is 12.1 Å². The van der Waals surface area contributed by atoms with Crippen molar-refractivity contribution in [1.82, 2.24) is 0 Å². The molecule has 2 heterocycles. The van der Waals surface area contributed by atoms with Gasteiger partial charge in [0.15, 0.2) is 23.0 Å². The van der Waals surface area contributed by atoms with Gasteiger partial charge in [-0.3, -0.25) is 9.59 Å². The zero-order valence-electron chi connectivity index (χ0n) is 16.7. The van der Waals surface area contributed by atoms with Crippen LogP contribution in [0.2, 0.25) is 0 Å². The van der Waals surface area contributed by atoms with Crippen LogP contribution in [-0.4, -0.2) is 67.3 Å². The highest BCUT2D eigenvalue weighted by atomic mass is 16.7. The smallest absolute Gasteiger partial charge is 0.249 e. The number of aliphatic hydroxyl groups is 3. The van der Waals surface area contributed by atoms with Crippen LogP contribution in [0.3, 0.4) is 0 Å². The topological polar surface area (TPSA) is 213 Å². The molecule has 0 radical (unpaired) electrons. The second-order valence-corrected chi connectivity index (χ2v) is 7.38. The maximum absolute atomic E-state index is 12.6. The predicted octanol–water partition coefficient (Wildman–Crippen LogP) is -0.752. The number of phenols is 3. The third-order valence-electron chi connectivity index (χ3n) is 5.18. The summed E-state index contributed by atoms with van der Waals surface area (Å²) in [4.78, 5) is 24.0. The van der Waals surface area contributed by atoms with Gasteiger partial charge in [0.1, 0.15) is 40.8 Å². The summed E-state index contributed by atoms with van der Waals surface area (Å²) < 4.78 is 16.1. The summed E-state index contributed by atoms with van der Waals surface area (Å²) >= 11 is 0. The molecule has 0 unspecified atom stereocenters. The molecular formula is C21H19NO11. The monoisotopic (exact) mass is 461 g/mol. The first kappa shape index (κ1) is 22.4.